The molecule has 4 aromatic rings. The summed E-state index contributed by atoms with van der Waals surface area (Å²) < 4.78 is 27.2. The topological polar surface area (TPSA) is 92.1 Å². The molecule has 0 saturated carbocycles. The number of ether oxygens (including phenoxy) is 4. The van der Waals surface area contributed by atoms with Gasteiger partial charge in [0.05, 0.1) is 28.4 Å². The molecule has 34 heavy (non-hydrogen) atoms. The lowest BCUT2D eigenvalue weighted by Crippen LogP contribution is -2.22. The maximum Gasteiger partial charge on any atom is 0.251 e. The van der Waals surface area contributed by atoms with Crippen LogP contribution in [0.15, 0.2) is 59.0 Å². The molecule has 176 valence electrons. The number of amides is 1. The molecule has 1 heterocycles. The molecule has 3 aromatic carbocycles. The molecule has 0 aliphatic heterocycles. The number of carbonyl (C=O) groups excluding carboxylic acids is 1. The molecule has 0 aliphatic carbocycles. The highest BCUT2D eigenvalue weighted by molar-refractivity contribution is 5.97. The van der Waals surface area contributed by atoms with Crippen molar-refractivity contribution in [1.29, 1.82) is 0 Å². The second-order valence-corrected chi connectivity index (χ2v) is 7.53. The Hall–Kier alpha value is -4.20. The summed E-state index contributed by atoms with van der Waals surface area (Å²) in [7, 11) is 6.28. The number of aromatic nitrogens is 1. The van der Waals surface area contributed by atoms with Gasteiger partial charge in [-0.2, -0.15) is 0 Å². The van der Waals surface area contributed by atoms with Crippen LogP contribution in [0, 0.1) is 0 Å². The molecule has 8 heteroatoms. The second kappa shape index (κ2) is 10.2. The first-order valence-corrected chi connectivity index (χ1v) is 10.6. The molecule has 0 saturated heterocycles. The van der Waals surface area contributed by atoms with Crippen molar-refractivity contribution >= 4 is 17.0 Å². The number of fused-ring (bicyclic) bond motifs is 1. The minimum absolute atomic E-state index is 0.233. The Morgan fingerprint density at radius 1 is 0.853 bits per heavy atom. The van der Waals surface area contributed by atoms with Crippen molar-refractivity contribution in [2.24, 2.45) is 0 Å². The highest BCUT2D eigenvalue weighted by Crippen LogP contribution is 2.38. The number of oxazole rings is 1. The van der Waals surface area contributed by atoms with Gasteiger partial charge in [0.2, 0.25) is 5.75 Å². The Morgan fingerprint density at radius 2 is 1.56 bits per heavy atom. The van der Waals surface area contributed by atoms with E-state index in [1.807, 2.05) is 24.3 Å². The highest BCUT2D eigenvalue weighted by Gasteiger charge is 2.15. The van der Waals surface area contributed by atoms with Crippen LogP contribution in [0.5, 0.6) is 23.0 Å². The fourth-order valence-electron chi connectivity index (χ4n) is 3.63. The molecular weight excluding hydrogens is 436 g/mol. The number of carbonyl (C=O) groups is 1. The van der Waals surface area contributed by atoms with Crippen LogP contribution < -0.4 is 24.3 Å². The Balaban J connectivity index is 1.46. The van der Waals surface area contributed by atoms with Gasteiger partial charge < -0.3 is 28.7 Å². The number of methoxy groups -OCH3 is 4. The minimum atomic E-state index is -0.233. The summed E-state index contributed by atoms with van der Waals surface area (Å²) in [6, 6.07) is 16.5. The van der Waals surface area contributed by atoms with Crippen molar-refractivity contribution < 1.29 is 28.2 Å². The van der Waals surface area contributed by atoms with Gasteiger partial charge in [0, 0.05) is 18.5 Å². The Morgan fingerprint density at radius 3 is 2.18 bits per heavy atom. The largest absolute Gasteiger partial charge is 0.497 e. The van der Waals surface area contributed by atoms with E-state index in [1.165, 1.54) is 0 Å². The van der Waals surface area contributed by atoms with Crippen LogP contribution in [-0.2, 0) is 13.0 Å². The molecule has 0 bridgehead atoms. The number of nitrogens with zero attached hydrogens (tertiary/aromatic N) is 1. The van der Waals surface area contributed by atoms with Crippen molar-refractivity contribution in [1.82, 2.24) is 10.3 Å². The quantitative estimate of drug-likeness (QED) is 0.395. The molecule has 8 nitrogen and oxygen atoms in total. The van der Waals surface area contributed by atoms with Crippen LogP contribution in [0.3, 0.4) is 0 Å². The lowest BCUT2D eigenvalue weighted by atomic mass is 10.1. The summed E-state index contributed by atoms with van der Waals surface area (Å²) in [5, 5.41) is 2.91. The van der Waals surface area contributed by atoms with Crippen LogP contribution in [-0.4, -0.2) is 39.3 Å². The first-order chi connectivity index (χ1) is 16.5. The van der Waals surface area contributed by atoms with Gasteiger partial charge in [-0.25, -0.2) is 4.98 Å². The Bertz CT molecular complexity index is 1270. The summed E-state index contributed by atoms with van der Waals surface area (Å²) in [5.41, 5.74) is 3.60. The fourth-order valence-corrected chi connectivity index (χ4v) is 3.63. The normalized spacial score (nSPS) is 10.7. The first-order valence-electron chi connectivity index (χ1n) is 10.6. The van der Waals surface area contributed by atoms with Crippen LogP contribution in [0.2, 0.25) is 0 Å². The van der Waals surface area contributed by atoms with E-state index in [2.05, 4.69) is 10.3 Å². The van der Waals surface area contributed by atoms with Gasteiger partial charge in [-0.3, -0.25) is 4.79 Å². The van der Waals surface area contributed by atoms with E-state index in [-0.39, 0.29) is 12.5 Å². The van der Waals surface area contributed by atoms with E-state index in [4.69, 9.17) is 23.4 Å². The third-order valence-corrected chi connectivity index (χ3v) is 5.39. The molecule has 0 atom stereocenters. The highest BCUT2D eigenvalue weighted by atomic mass is 16.5. The SMILES string of the molecule is COc1ccc(Cc2nc3ccc(C(=O)NCc4cc(OC)c(OC)c(OC)c4)cc3o2)cc1. The molecule has 0 spiro atoms. The molecule has 0 aliphatic rings. The minimum Gasteiger partial charge on any atom is -0.497 e. The summed E-state index contributed by atoms with van der Waals surface area (Å²) in [5.74, 6) is 2.70. The number of nitrogens with one attached hydrogen (secondary N) is 1. The van der Waals surface area contributed by atoms with E-state index >= 15 is 0 Å². The van der Waals surface area contributed by atoms with Crippen LogP contribution in [0.25, 0.3) is 11.1 Å². The average molecular weight is 463 g/mol. The molecule has 1 aromatic heterocycles. The van der Waals surface area contributed by atoms with Gasteiger partial charge in [-0.05, 0) is 53.6 Å². The molecule has 0 radical (unpaired) electrons. The van der Waals surface area contributed by atoms with Crippen molar-refractivity contribution in [3.8, 4) is 23.0 Å². The maximum atomic E-state index is 12.8. The van der Waals surface area contributed by atoms with Gasteiger partial charge in [0.15, 0.2) is 23.0 Å². The third-order valence-electron chi connectivity index (χ3n) is 5.39. The number of benzene rings is 3. The predicted molar refractivity (Wildman–Crippen MR) is 127 cm³/mol. The van der Waals surface area contributed by atoms with E-state index < -0.39 is 0 Å². The summed E-state index contributed by atoms with van der Waals surface area (Å²) in [4.78, 5) is 17.3. The molecular formula is C26H26N2O6. The predicted octanol–water partition coefficient (Wildman–Crippen LogP) is 4.38. The summed E-state index contributed by atoms with van der Waals surface area (Å²) in [6.45, 7) is 0.284. The van der Waals surface area contributed by atoms with E-state index in [1.54, 1.807) is 58.8 Å². The zero-order chi connectivity index (χ0) is 24.1. The van der Waals surface area contributed by atoms with Gasteiger partial charge in [0.1, 0.15) is 11.3 Å². The Kier molecular flexibility index (Phi) is 6.87. The molecule has 1 amide bonds. The third kappa shape index (κ3) is 4.91. The van der Waals surface area contributed by atoms with Gasteiger partial charge >= 0.3 is 0 Å². The van der Waals surface area contributed by atoms with E-state index in [0.717, 1.165) is 16.9 Å². The number of hydrogen-bond donors (Lipinski definition) is 1. The maximum absolute atomic E-state index is 12.8. The molecule has 0 fully saturated rings. The van der Waals surface area contributed by atoms with Crippen molar-refractivity contribution in [3.63, 3.8) is 0 Å². The lowest BCUT2D eigenvalue weighted by Gasteiger charge is -2.14. The van der Waals surface area contributed by atoms with Gasteiger partial charge in [-0.15, -0.1) is 0 Å². The smallest absolute Gasteiger partial charge is 0.251 e. The van der Waals surface area contributed by atoms with Crippen LogP contribution >= 0.6 is 0 Å². The Labute approximate surface area is 197 Å². The summed E-state index contributed by atoms with van der Waals surface area (Å²) in [6.07, 6.45) is 0.543. The zero-order valence-electron chi connectivity index (χ0n) is 19.5. The van der Waals surface area contributed by atoms with E-state index in [9.17, 15) is 4.79 Å². The first kappa shape index (κ1) is 23.0. The standard InChI is InChI=1S/C26H26N2O6/c1-30-19-8-5-16(6-9-19)13-24-28-20-10-7-18(14-21(20)34-24)26(29)27-15-17-11-22(31-2)25(33-4)23(12-17)32-3/h5-12,14H,13,15H2,1-4H3,(H,27,29). The molecule has 4 rings (SSSR count). The molecule has 1 N–H and O–H groups in total. The second-order valence-electron chi connectivity index (χ2n) is 7.53. The van der Waals surface area contributed by atoms with E-state index in [0.29, 0.717) is 46.2 Å². The van der Waals surface area contributed by atoms with Crippen LogP contribution in [0.4, 0.5) is 0 Å². The monoisotopic (exact) mass is 462 g/mol. The van der Waals surface area contributed by atoms with Crippen LogP contribution in [0.1, 0.15) is 27.4 Å². The van der Waals surface area contributed by atoms with Gasteiger partial charge in [0.25, 0.3) is 5.91 Å². The average Bonchev–Trinajstić information content (AvgIpc) is 3.28. The number of rotatable bonds is 9. The van der Waals surface area contributed by atoms with Gasteiger partial charge in [-0.1, -0.05) is 12.1 Å². The number of hydrogen-bond acceptors (Lipinski definition) is 7. The lowest BCUT2D eigenvalue weighted by molar-refractivity contribution is 0.0951. The van der Waals surface area contributed by atoms with Crippen molar-refractivity contribution in [2.75, 3.05) is 28.4 Å². The van der Waals surface area contributed by atoms with Crippen molar-refractivity contribution in [2.45, 2.75) is 13.0 Å². The van der Waals surface area contributed by atoms with Crippen molar-refractivity contribution in [3.05, 3.63) is 77.2 Å². The molecule has 0 unspecified atom stereocenters. The summed E-state index contributed by atoms with van der Waals surface area (Å²) >= 11 is 0. The fraction of sp³-hybridized carbons (Fsp3) is 0.231. The zero-order valence-corrected chi connectivity index (χ0v) is 19.5.